The average Bonchev–Trinajstić information content (AvgIpc) is 2.80. The van der Waals surface area contributed by atoms with E-state index < -0.39 is 5.97 Å². The molecule has 0 spiro atoms. The highest BCUT2D eigenvalue weighted by atomic mass is 16.5. The lowest BCUT2D eigenvalue weighted by Crippen LogP contribution is -2.46. The molecule has 1 aromatic carbocycles. The Morgan fingerprint density at radius 1 is 1.38 bits per heavy atom. The van der Waals surface area contributed by atoms with E-state index in [1.165, 1.54) is 0 Å². The molecule has 112 valence electrons. The number of hydrogen-bond acceptors (Lipinski definition) is 4. The standard InChI is InChI=1S/C16H19NO4/c1-10-9-20-11(2)7-17(10)8-14-15(16(18)19)12-5-3-4-6-13(12)21-14/h3-6,10-11H,7-9H2,1-2H3,(H,18,19). The number of rotatable bonds is 3. The maximum atomic E-state index is 11.6. The van der Waals surface area contributed by atoms with Crippen LogP contribution >= 0.6 is 0 Å². The van der Waals surface area contributed by atoms with Gasteiger partial charge in [-0.25, -0.2) is 4.79 Å². The third-order valence-electron chi connectivity index (χ3n) is 3.97. The molecule has 3 rings (SSSR count). The van der Waals surface area contributed by atoms with E-state index in [9.17, 15) is 9.90 Å². The predicted molar refractivity (Wildman–Crippen MR) is 78.5 cm³/mol. The van der Waals surface area contributed by atoms with Crippen LogP contribution in [-0.2, 0) is 11.3 Å². The van der Waals surface area contributed by atoms with Gasteiger partial charge in [-0.15, -0.1) is 0 Å². The normalized spacial score (nSPS) is 23.5. The molecule has 1 aliphatic heterocycles. The minimum absolute atomic E-state index is 0.152. The van der Waals surface area contributed by atoms with Gasteiger partial charge in [-0.1, -0.05) is 18.2 Å². The third kappa shape index (κ3) is 2.66. The van der Waals surface area contributed by atoms with Crippen LogP contribution < -0.4 is 0 Å². The number of ether oxygens (including phenoxy) is 1. The van der Waals surface area contributed by atoms with Gasteiger partial charge < -0.3 is 14.3 Å². The molecule has 0 aliphatic carbocycles. The lowest BCUT2D eigenvalue weighted by molar-refractivity contribution is -0.0545. The molecule has 0 bridgehead atoms. The van der Waals surface area contributed by atoms with Crippen LogP contribution in [0.2, 0.25) is 0 Å². The minimum Gasteiger partial charge on any atom is -0.478 e. The zero-order valence-corrected chi connectivity index (χ0v) is 12.2. The maximum Gasteiger partial charge on any atom is 0.339 e. The van der Waals surface area contributed by atoms with Gasteiger partial charge in [0.1, 0.15) is 16.9 Å². The van der Waals surface area contributed by atoms with Crippen LogP contribution in [0, 0.1) is 0 Å². The van der Waals surface area contributed by atoms with Crippen molar-refractivity contribution in [2.75, 3.05) is 13.2 Å². The SMILES string of the molecule is CC1CN(Cc2oc3ccccc3c2C(=O)O)C(C)CO1. The van der Waals surface area contributed by atoms with E-state index >= 15 is 0 Å². The number of hydrogen-bond donors (Lipinski definition) is 1. The van der Waals surface area contributed by atoms with Crippen LogP contribution in [0.15, 0.2) is 28.7 Å². The summed E-state index contributed by atoms with van der Waals surface area (Å²) in [4.78, 5) is 13.8. The van der Waals surface area contributed by atoms with E-state index in [0.29, 0.717) is 29.9 Å². The number of carboxylic acids is 1. The highest BCUT2D eigenvalue weighted by Crippen LogP contribution is 2.28. The van der Waals surface area contributed by atoms with Crippen LogP contribution in [0.3, 0.4) is 0 Å². The number of fused-ring (bicyclic) bond motifs is 1. The Kier molecular flexibility index (Phi) is 3.69. The van der Waals surface area contributed by atoms with Gasteiger partial charge in [0.05, 0.1) is 19.3 Å². The summed E-state index contributed by atoms with van der Waals surface area (Å²) in [5.74, 6) is -0.423. The second-order valence-electron chi connectivity index (χ2n) is 5.62. The Balaban J connectivity index is 1.96. The van der Waals surface area contributed by atoms with E-state index in [2.05, 4.69) is 11.8 Å². The van der Waals surface area contributed by atoms with Crippen LogP contribution in [0.4, 0.5) is 0 Å². The van der Waals surface area contributed by atoms with Gasteiger partial charge in [-0.3, -0.25) is 4.90 Å². The number of furan rings is 1. The molecule has 21 heavy (non-hydrogen) atoms. The van der Waals surface area contributed by atoms with E-state index in [0.717, 1.165) is 6.54 Å². The van der Waals surface area contributed by atoms with E-state index in [4.69, 9.17) is 9.15 Å². The van der Waals surface area contributed by atoms with Gasteiger partial charge in [0.2, 0.25) is 0 Å². The summed E-state index contributed by atoms with van der Waals surface area (Å²) in [5, 5.41) is 10.2. The van der Waals surface area contributed by atoms with Crippen molar-refractivity contribution in [3.63, 3.8) is 0 Å². The average molecular weight is 289 g/mol. The molecule has 5 nitrogen and oxygen atoms in total. The molecule has 0 amide bonds. The molecule has 2 aromatic rings. The summed E-state index contributed by atoms with van der Waals surface area (Å²) in [5.41, 5.74) is 0.899. The molecule has 1 N–H and O–H groups in total. The number of aromatic carboxylic acids is 1. The molecular formula is C16H19NO4. The van der Waals surface area contributed by atoms with Crippen molar-refractivity contribution < 1.29 is 19.1 Å². The lowest BCUT2D eigenvalue weighted by atomic mass is 10.1. The number of carbonyl (C=O) groups is 1. The van der Waals surface area contributed by atoms with Gasteiger partial charge in [0, 0.05) is 18.0 Å². The first-order valence-corrected chi connectivity index (χ1v) is 7.15. The fraction of sp³-hybridized carbons (Fsp3) is 0.438. The first kappa shape index (κ1) is 14.1. The second-order valence-corrected chi connectivity index (χ2v) is 5.62. The van der Waals surface area contributed by atoms with Crippen LogP contribution in [0.5, 0.6) is 0 Å². The summed E-state index contributed by atoms with van der Waals surface area (Å²) in [6.07, 6.45) is 0.152. The summed E-state index contributed by atoms with van der Waals surface area (Å²) in [7, 11) is 0. The van der Waals surface area contributed by atoms with Gasteiger partial charge in [-0.05, 0) is 19.9 Å². The number of morpholine rings is 1. The number of benzene rings is 1. The molecule has 2 heterocycles. The van der Waals surface area contributed by atoms with Gasteiger partial charge >= 0.3 is 5.97 Å². The second kappa shape index (κ2) is 5.50. The summed E-state index contributed by atoms with van der Waals surface area (Å²) >= 11 is 0. The molecule has 1 aromatic heterocycles. The summed E-state index contributed by atoms with van der Waals surface area (Å²) < 4.78 is 11.4. The van der Waals surface area contributed by atoms with Crippen molar-refractivity contribution in [2.24, 2.45) is 0 Å². The van der Waals surface area contributed by atoms with Crippen molar-refractivity contribution in [3.05, 3.63) is 35.6 Å². The molecule has 2 atom stereocenters. The van der Waals surface area contributed by atoms with E-state index in [1.807, 2.05) is 19.1 Å². The maximum absolute atomic E-state index is 11.6. The minimum atomic E-state index is -0.941. The fourth-order valence-electron chi connectivity index (χ4n) is 2.82. The van der Waals surface area contributed by atoms with Crippen molar-refractivity contribution in [1.82, 2.24) is 4.90 Å². The molecular weight excluding hydrogens is 270 g/mol. The smallest absolute Gasteiger partial charge is 0.339 e. The summed E-state index contributed by atoms with van der Waals surface area (Å²) in [6, 6.07) is 7.51. The topological polar surface area (TPSA) is 62.9 Å². The number of carboxylic acid groups (broad SMARTS) is 1. The third-order valence-corrected chi connectivity index (χ3v) is 3.97. The Morgan fingerprint density at radius 2 is 2.14 bits per heavy atom. The molecule has 5 heteroatoms. The first-order valence-electron chi connectivity index (χ1n) is 7.15. The molecule has 1 fully saturated rings. The van der Waals surface area contributed by atoms with Crippen LogP contribution in [-0.4, -0.2) is 41.3 Å². The van der Waals surface area contributed by atoms with Crippen molar-refractivity contribution >= 4 is 16.9 Å². The largest absolute Gasteiger partial charge is 0.478 e. The molecule has 0 radical (unpaired) electrons. The Bertz CT molecular complexity index is 663. The quantitative estimate of drug-likeness (QED) is 0.941. The highest BCUT2D eigenvalue weighted by molar-refractivity contribution is 6.03. The number of nitrogens with zero attached hydrogens (tertiary/aromatic N) is 1. The monoisotopic (exact) mass is 289 g/mol. The van der Waals surface area contributed by atoms with Crippen LogP contribution in [0.1, 0.15) is 30.0 Å². The summed E-state index contributed by atoms with van der Waals surface area (Å²) in [6.45, 7) is 6.02. The van der Waals surface area contributed by atoms with Crippen molar-refractivity contribution in [3.8, 4) is 0 Å². The van der Waals surface area contributed by atoms with Gasteiger partial charge in [0.25, 0.3) is 0 Å². The predicted octanol–water partition coefficient (Wildman–Crippen LogP) is 2.74. The zero-order chi connectivity index (χ0) is 15.0. The van der Waals surface area contributed by atoms with E-state index in [1.54, 1.807) is 12.1 Å². The molecule has 0 saturated carbocycles. The lowest BCUT2D eigenvalue weighted by Gasteiger charge is -2.36. The Hall–Kier alpha value is -1.85. The molecule has 1 saturated heterocycles. The Labute approximate surface area is 123 Å². The highest BCUT2D eigenvalue weighted by Gasteiger charge is 2.27. The zero-order valence-electron chi connectivity index (χ0n) is 12.2. The van der Waals surface area contributed by atoms with E-state index in [-0.39, 0.29) is 17.7 Å². The van der Waals surface area contributed by atoms with Crippen molar-refractivity contribution in [1.29, 1.82) is 0 Å². The molecule has 2 unspecified atom stereocenters. The fourth-order valence-corrected chi connectivity index (χ4v) is 2.82. The first-order chi connectivity index (χ1) is 10.1. The van der Waals surface area contributed by atoms with Crippen LogP contribution in [0.25, 0.3) is 11.0 Å². The van der Waals surface area contributed by atoms with Gasteiger partial charge in [-0.2, -0.15) is 0 Å². The Morgan fingerprint density at radius 3 is 2.90 bits per heavy atom. The van der Waals surface area contributed by atoms with Crippen molar-refractivity contribution in [2.45, 2.75) is 32.5 Å². The number of para-hydroxylation sites is 1. The molecule has 1 aliphatic rings. The van der Waals surface area contributed by atoms with Gasteiger partial charge in [0.15, 0.2) is 0 Å².